The van der Waals surface area contributed by atoms with Crippen molar-refractivity contribution in [2.75, 3.05) is 12.3 Å². The zero-order valence-corrected chi connectivity index (χ0v) is 17.8. The Morgan fingerprint density at radius 3 is 2.36 bits per heavy atom. The summed E-state index contributed by atoms with van der Waals surface area (Å²) in [5, 5.41) is 2.90. The lowest BCUT2D eigenvalue weighted by atomic mass is 10.1. The van der Waals surface area contributed by atoms with Crippen LogP contribution in [0.15, 0.2) is 54.6 Å². The highest BCUT2D eigenvalue weighted by Crippen LogP contribution is 2.16. The Balaban J connectivity index is 2.03. The monoisotopic (exact) mass is 398 g/mol. The number of carbonyl (C=O) groups is 2. The highest BCUT2D eigenvalue weighted by Gasteiger charge is 2.25. The van der Waals surface area contributed by atoms with E-state index in [1.165, 1.54) is 11.1 Å². The third-order valence-corrected chi connectivity index (χ3v) is 5.52. The van der Waals surface area contributed by atoms with E-state index in [2.05, 4.69) is 17.4 Å². The molecule has 2 aromatic carbocycles. The molecule has 2 aromatic rings. The highest BCUT2D eigenvalue weighted by atomic mass is 32.2. The summed E-state index contributed by atoms with van der Waals surface area (Å²) in [4.78, 5) is 27.1. The fourth-order valence-corrected chi connectivity index (χ4v) is 3.65. The molecule has 0 spiro atoms. The minimum absolute atomic E-state index is 0.0133. The summed E-state index contributed by atoms with van der Waals surface area (Å²) in [7, 11) is 0. The summed E-state index contributed by atoms with van der Waals surface area (Å²) in [6, 6.07) is 17.7. The SMILES string of the molecule is CCCNC(=O)C(C)N(Cc1ccc(C)cc1)C(=O)CSCc1ccccc1. The van der Waals surface area contributed by atoms with Crippen molar-refractivity contribution in [2.45, 2.75) is 45.5 Å². The summed E-state index contributed by atoms with van der Waals surface area (Å²) >= 11 is 1.58. The number of nitrogens with one attached hydrogen (secondary N) is 1. The lowest BCUT2D eigenvalue weighted by Crippen LogP contribution is -2.48. The van der Waals surface area contributed by atoms with Crippen molar-refractivity contribution < 1.29 is 9.59 Å². The first kappa shape index (κ1) is 22.0. The maximum atomic E-state index is 12.9. The molecule has 0 aliphatic carbocycles. The van der Waals surface area contributed by atoms with Crippen molar-refractivity contribution in [1.82, 2.24) is 10.2 Å². The van der Waals surface area contributed by atoms with Crippen LogP contribution in [0.4, 0.5) is 0 Å². The largest absolute Gasteiger partial charge is 0.354 e. The normalized spacial score (nSPS) is 11.7. The first-order valence-corrected chi connectivity index (χ1v) is 10.9. The Hall–Kier alpha value is -2.27. The van der Waals surface area contributed by atoms with E-state index in [1.807, 2.05) is 56.3 Å². The standard InChI is InChI=1S/C23H30N2O2S/c1-4-14-24-23(27)19(3)25(15-20-12-10-18(2)11-13-20)22(26)17-28-16-21-8-6-5-7-9-21/h5-13,19H,4,14-17H2,1-3H3,(H,24,27). The first-order chi connectivity index (χ1) is 13.5. The lowest BCUT2D eigenvalue weighted by molar-refractivity contribution is -0.138. The summed E-state index contributed by atoms with van der Waals surface area (Å²) in [5.74, 6) is 1.02. The molecule has 0 aliphatic rings. The molecule has 0 aliphatic heterocycles. The Kier molecular flexibility index (Phi) is 9.08. The van der Waals surface area contributed by atoms with Gasteiger partial charge < -0.3 is 10.2 Å². The van der Waals surface area contributed by atoms with Crippen LogP contribution < -0.4 is 5.32 Å². The molecule has 1 atom stereocenters. The number of thioether (sulfide) groups is 1. The predicted octanol–water partition coefficient (Wildman–Crippen LogP) is 4.17. The van der Waals surface area contributed by atoms with Gasteiger partial charge in [0.15, 0.2) is 0 Å². The van der Waals surface area contributed by atoms with Crippen LogP contribution in [0.5, 0.6) is 0 Å². The van der Waals surface area contributed by atoms with E-state index in [0.29, 0.717) is 18.8 Å². The molecule has 1 unspecified atom stereocenters. The van der Waals surface area contributed by atoms with Gasteiger partial charge >= 0.3 is 0 Å². The molecule has 0 radical (unpaired) electrons. The van der Waals surface area contributed by atoms with Gasteiger partial charge in [0.05, 0.1) is 5.75 Å². The van der Waals surface area contributed by atoms with Gasteiger partial charge in [-0.05, 0) is 31.4 Å². The van der Waals surface area contributed by atoms with E-state index in [1.54, 1.807) is 23.6 Å². The molecule has 1 N–H and O–H groups in total. The van der Waals surface area contributed by atoms with Crippen LogP contribution in [0, 0.1) is 6.92 Å². The van der Waals surface area contributed by atoms with E-state index < -0.39 is 6.04 Å². The molecular weight excluding hydrogens is 368 g/mol. The predicted molar refractivity (Wildman–Crippen MR) is 117 cm³/mol. The Morgan fingerprint density at radius 1 is 1.04 bits per heavy atom. The molecule has 0 heterocycles. The van der Waals surface area contributed by atoms with E-state index in [4.69, 9.17) is 0 Å². The van der Waals surface area contributed by atoms with Crippen LogP contribution in [0.3, 0.4) is 0 Å². The van der Waals surface area contributed by atoms with E-state index in [-0.39, 0.29) is 11.8 Å². The summed E-state index contributed by atoms with van der Waals surface area (Å²) in [6.45, 7) is 6.91. The zero-order valence-electron chi connectivity index (χ0n) is 17.0. The Labute approximate surface area is 172 Å². The minimum Gasteiger partial charge on any atom is -0.354 e. The van der Waals surface area contributed by atoms with Crippen molar-refractivity contribution in [2.24, 2.45) is 0 Å². The molecule has 150 valence electrons. The average molecular weight is 399 g/mol. The second-order valence-corrected chi connectivity index (χ2v) is 7.94. The van der Waals surface area contributed by atoms with E-state index >= 15 is 0 Å². The summed E-state index contributed by atoms with van der Waals surface area (Å²) < 4.78 is 0. The number of hydrogen-bond donors (Lipinski definition) is 1. The van der Waals surface area contributed by atoms with Gasteiger partial charge in [0.25, 0.3) is 0 Å². The Bertz CT molecular complexity index is 747. The number of benzene rings is 2. The molecular formula is C23H30N2O2S. The van der Waals surface area contributed by atoms with Gasteiger partial charge in [-0.1, -0.05) is 67.1 Å². The fraction of sp³-hybridized carbons (Fsp3) is 0.391. The van der Waals surface area contributed by atoms with Crippen LogP contribution in [-0.4, -0.2) is 35.1 Å². The molecule has 0 aromatic heterocycles. The molecule has 0 saturated heterocycles. The molecule has 2 amide bonds. The quantitative estimate of drug-likeness (QED) is 0.653. The smallest absolute Gasteiger partial charge is 0.242 e. The van der Waals surface area contributed by atoms with Gasteiger partial charge in [0.1, 0.15) is 6.04 Å². The molecule has 5 heteroatoms. The van der Waals surface area contributed by atoms with Gasteiger partial charge in [-0.3, -0.25) is 9.59 Å². The minimum atomic E-state index is -0.502. The number of hydrogen-bond acceptors (Lipinski definition) is 3. The fourth-order valence-electron chi connectivity index (χ4n) is 2.78. The van der Waals surface area contributed by atoms with Crippen LogP contribution >= 0.6 is 11.8 Å². The number of nitrogens with zero attached hydrogens (tertiary/aromatic N) is 1. The van der Waals surface area contributed by atoms with Gasteiger partial charge in [-0.15, -0.1) is 11.8 Å². The van der Waals surface area contributed by atoms with Gasteiger partial charge in [0, 0.05) is 18.8 Å². The molecule has 0 bridgehead atoms. The van der Waals surface area contributed by atoms with Crippen LogP contribution in [0.2, 0.25) is 0 Å². The topological polar surface area (TPSA) is 49.4 Å². The average Bonchev–Trinajstić information content (AvgIpc) is 2.71. The van der Waals surface area contributed by atoms with Gasteiger partial charge in [-0.2, -0.15) is 0 Å². The third-order valence-electron chi connectivity index (χ3n) is 4.53. The van der Waals surface area contributed by atoms with Crippen molar-refractivity contribution in [3.8, 4) is 0 Å². The molecule has 28 heavy (non-hydrogen) atoms. The maximum Gasteiger partial charge on any atom is 0.242 e. The molecule has 4 nitrogen and oxygen atoms in total. The van der Waals surface area contributed by atoms with Crippen molar-refractivity contribution >= 4 is 23.6 Å². The zero-order chi connectivity index (χ0) is 20.4. The number of aryl methyl sites for hydroxylation is 1. The Morgan fingerprint density at radius 2 is 1.71 bits per heavy atom. The first-order valence-electron chi connectivity index (χ1n) is 9.75. The van der Waals surface area contributed by atoms with Gasteiger partial charge in [0.2, 0.25) is 11.8 Å². The lowest BCUT2D eigenvalue weighted by Gasteiger charge is -2.28. The van der Waals surface area contributed by atoms with Crippen LogP contribution in [0.1, 0.15) is 37.0 Å². The number of rotatable bonds is 10. The molecule has 0 fully saturated rings. The number of carbonyl (C=O) groups excluding carboxylic acids is 2. The molecule has 2 rings (SSSR count). The van der Waals surface area contributed by atoms with E-state index in [9.17, 15) is 9.59 Å². The second kappa shape index (κ2) is 11.5. The van der Waals surface area contributed by atoms with Gasteiger partial charge in [-0.25, -0.2) is 0 Å². The molecule has 0 saturated carbocycles. The highest BCUT2D eigenvalue weighted by molar-refractivity contribution is 7.99. The second-order valence-electron chi connectivity index (χ2n) is 6.95. The third kappa shape index (κ3) is 7.04. The number of amides is 2. The van der Waals surface area contributed by atoms with E-state index in [0.717, 1.165) is 17.7 Å². The van der Waals surface area contributed by atoms with Crippen molar-refractivity contribution in [3.63, 3.8) is 0 Å². The van der Waals surface area contributed by atoms with Crippen molar-refractivity contribution in [1.29, 1.82) is 0 Å². The summed E-state index contributed by atoms with van der Waals surface area (Å²) in [6.07, 6.45) is 0.872. The summed E-state index contributed by atoms with van der Waals surface area (Å²) in [5.41, 5.74) is 3.40. The van der Waals surface area contributed by atoms with Crippen LogP contribution in [0.25, 0.3) is 0 Å². The van der Waals surface area contributed by atoms with Crippen LogP contribution in [-0.2, 0) is 21.9 Å². The maximum absolute atomic E-state index is 12.9. The van der Waals surface area contributed by atoms with Crippen molar-refractivity contribution in [3.05, 3.63) is 71.3 Å².